The number of hydrogen-bond donors (Lipinski definition) is 0. The van der Waals surface area contributed by atoms with Crippen LogP contribution in [0.4, 0.5) is 0 Å². The molecular weight excluding hydrogens is 290 g/mol. The molecule has 3 rings (SSSR count). The lowest BCUT2D eigenvalue weighted by Gasteiger charge is -1.98. The maximum absolute atomic E-state index is 9.32. The van der Waals surface area contributed by atoms with Gasteiger partial charge in [0, 0.05) is 4.90 Å². The molecule has 0 radical (unpaired) electrons. The molecule has 3 heteroatoms. The fourth-order valence-electron chi connectivity index (χ4n) is 2.01. The summed E-state index contributed by atoms with van der Waals surface area (Å²) in [6, 6.07) is 25.7. The van der Waals surface area contributed by atoms with E-state index in [0.29, 0.717) is 11.3 Å². The molecule has 0 atom stereocenters. The molecule has 22 heavy (non-hydrogen) atoms. The average molecular weight is 303 g/mol. The van der Waals surface area contributed by atoms with Gasteiger partial charge >= 0.3 is 0 Å². The van der Waals surface area contributed by atoms with Crippen LogP contribution < -0.4 is 0 Å². The van der Waals surface area contributed by atoms with Crippen LogP contribution in [-0.2, 0) is 0 Å². The third-order valence-corrected chi connectivity index (χ3v) is 3.98. The summed E-state index contributed by atoms with van der Waals surface area (Å²) < 4.78 is 5.78. The van der Waals surface area contributed by atoms with Gasteiger partial charge in [0.15, 0.2) is 5.09 Å². The quantitative estimate of drug-likeness (QED) is 0.598. The lowest BCUT2D eigenvalue weighted by Crippen LogP contribution is -1.79. The van der Waals surface area contributed by atoms with Crippen LogP contribution in [-0.4, -0.2) is 0 Å². The van der Waals surface area contributed by atoms with Crippen molar-refractivity contribution >= 4 is 23.4 Å². The van der Waals surface area contributed by atoms with Crippen molar-refractivity contribution in [3.63, 3.8) is 0 Å². The molecule has 3 aromatic rings. The van der Waals surface area contributed by atoms with E-state index in [2.05, 4.69) is 6.07 Å². The summed E-state index contributed by atoms with van der Waals surface area (Å²) in [5.41, 5.74) is 1.48. The number of hydrogen-bond acceptors (Lipinski definition) is 3. The van der Waals surface area contributed by atoms with Gasteiger partial charge in [-0.05, 0) is 35.9 Å². The van der Waals surface area contributed by atoms with E-state index in [4.69, 9.17) is 4.42 Å². The third-order valence-electron chi connectivity index (χ3n) is 3.06. The van der Waals surface area contributed by atoms with Crippen molar-refractivity contribution in [1.29, 1.82) is 5.26 Å². The summed E-state index contributed by atoms with van der Waals surface area (Å²) in [6.07, 6.45) is 1.77. The number of nitrogens with zero attached hydrogens (tertiary/aromatic N) is 1. The molecule has 1 heterocycles. The number of rotatable bonds is 4. The highest BCUT2D eigenvalue weighted by molar-refractivity contribution is 7.99. The van der Waals surface area contributed by atoms with Crippen molar-refractivity contribution in [1.82, 2.24) is 0 Å². The highest BCUT2D eigenvalue weighted by Crippen LogP contribution is 2.30. The Morgan fingerprint density at radius 2 is 1.59 bits per heavy atom. The lowest BCUT2D eigenvalue weighted by atomic mass is 10.1. The fourth-order valence-corrected chi connectivity index (χ4v) is 2.81. The minimum Gasteiger partial charge on any atom is -0.450 e. The van der Waals surface area contributed by atoms with Crippen LogP contribution in [0.25, 0.3) is 11.6 Å². The highest BCUT2D eigenvalue weighted by Gasteiger charge is 2.05. The van der Waals surface area contributed by atoms with E-state index in [0.717, 1.165) is 15.6 Å². The van der Waals surface area contributed by atoms with Crippen molar-refractivity contribution in [3.05, 3.63) is 84.1 Å². The summed E-state index contributed by atoms with van der Waals surface area (Å²) in [5, 5.41) is 10.1. The summed E-state index contributed by atoms with van der Waals surface area (Å²) in [6.45, 7) is 0. The lowest BCUT2D eigenvalue weighted by molar-refractivity contribution is 0.466. The number of furan rings is 1. The topological polar surface area (TPSA) is 36.9 Å². The van der Waals surface area contributed by atoms with Crippen LogP contribution in [0.1, 0.15) is 11.3 Å². The van der Waals surface area contributed by atoms with Gasteiger partial charge in [-0.2, -0.15) is 5.26 Å². The third kappa shape index (κ3) is 3.49. The van der Waals surface area contributed by atoms with Gasteiger partial charge in [0.25, 0.3) is 0 Å². The molecule has 2 nitrogen and oxygen atoms in total. The van der Waals surface area contributed by atoms with E-state index in [9.17, 15) is 5.26 Å². The van der Waals surface area contributed by atoms with Crippen LogP contribution >= 0.6 is 11.8 Å². The predicted molar refractivity (Wildman–Crippen MR) is 89.2 cm³/mol. The Morgan fingerprint density at radius 3 is 2.27 bits per heavy atom. The molecule has 0 saturated carbocycles. The standard InChI is InChI=1S/C19H13NOS/c20-14-16(15-7-3-1-4-8-15)13-17-11-12-19(21-17)22-18-9-5-2-6-10-18/h1-13H/b16-13+. The van der Waals surface area contributed by atoms with Crippen molar-refractivity contribution in [2.75, 3.05) is 0 Å². The van der Waals surface area contributed by atoms with Gasteiger partial charge in [-0.25, -0.2) is 0 Å². The Balaban J connectivity index is 1.82. The Labute approximate surface area is 133 Å². The molecule has 0 N–H and O–H groups in total. The van der Waals surface area contributed by atoms with Crippen molar-refractivity contribution < 1.29 is 4.42 Å². The smallest absolute Gasteiger partial charge is 0.165 e. The summed E-state index contributed by atoms with van der Waals surface area (Å²) in [7, 11) is 0. The van der Waals surface area contributed by atoms with Crippen molar-refractivity contribution in [2.24, 2.45) is 0 Å². The van der Waals surface area contributed by atoms with Crippen LogP contribution in [0.2, 0.25) is 0 Å². The van der Waals surface area contributed by atoms with Gasteiger partial charge in [-0.15, -0.1) is 0 Å². The largest absolute Gasteiger partial charge is 0.450 e. The highest BCUT2D eigenvalue weighted by atomic mass is 32.2. The second kappa shape index (κ2) is 6.84. The number of benzene rings is 2. The number of nitriles is 1. The first-order valence-corrected chi connectivity index (χ1v) is 7.67. The van der Waals surface area contributed by atoms with Crippen LogP contribution in [0.15, 0.2) is 87.2 Å². The van der Waals surface area contributed by atoms with Crippen molar-refractivity contribution in [2.45, 2.75) is 9.99 Å². The Kier molecular flexibility index (Phi) is 4.43. The van der Waals surface area contributed by atoms with Gasteiger partial charge in [0.1, 0.15) is 5.76 Å². The van der Waals surface area contributed by atoms with E-state index in [1.54, 1.807) is 17.8 Å². The van der Waals surface area contributed by atoms with E-state index in [-0.39, 0.29) is 0 Å². The Bertz CT molecular complexity index is 813. The molecule has 0 aliphatic heterocycles. The molecule has 0 spiro atoms. The zero-order chi connectivity index (χ0) is 15.2. The van der Waals surface area contributed by atoms with Gasteiger partial charge in [-0.3, -0.25) is 0 Å². The minimum absolute atomic E-state index is 0.589. The zero-order valence-electron chi connectivity index (χ0n) is 11.8. The molecule has 0 saturated heterocycles. The first-order valence-electron chi connectivity index (χ1n) is 6.85. The van der Waals surface area contributed by atoms with Gasteiger partial charge < -0.3 is 4.42 Å². The fraction of sp³-hybridized carbons (Fsp3) is 0. The van der Waals surface area contributed by atoms with E-state index < -0.39 is 0 Å². The van der Waals surface area contributed by atoms with E-state index >= 15 is 0 Å². The molecular formula is C19H13NOS. The van der Waals surface area contributed by atoms with E-state index in [1.165, 1.54) is 0 Å². The minimum atomic E-state index is 0.589. The van der Waals surface area contributed by atoms with E-state index in [1.807, 2.05) is 72.8 Å². The molecule has 0 aliphatic carbocycles. The summed E-state index contributed by atoms with van der Waals surface area (Å²) >= 11 is 1.56. The normalized spacial score (nSPS) is 11.1. The second-order valence-corrected chi connectivity index (χ2v) is 5.69. The summed E-state index contributed by atoms with van der Waals surface area (Å²) in [4.78, 5) is 1.12. The van der Waals surface area contributed by atoms with Crippen LogP contribution in [0.3, 0.4) is 0 Å². The van der Waals surface area contributed by atoms with Gasteiger partial charge in [0.05, 0.1) is 11.6 Å². The summed E-state index contributed by atoms with van der Waals surface area (Å²) in [5.74, 6) is 0.679. The number of allylic oxidation sites excluding steroid dienone is 1. The zero-order valence-corrected chi connectivity index (χ0v) is 12.6. The van der Waals surface area contributed by atoms with Gasteiger partial charge in [-0.1, -0.05) is 60.3 Å². The second-order valence-electron chi connectivity index (χ2n) is 4.61. The van der Waals surface area contributed by atoms with Gasteiger partial charge in [0.2, 0.25) is 0 Å². The van der Waals surface area contributed by atoms with Crippen molar-refractivity contribution in [3.8, 4) is 6.07 Å². The first-order chi connectivity index (χ1) is 10.8. The first kappa shape index (κ1) is 14.2. The molecule has 106 valence electrons. The molecule has 0 aliphatic rings. The monoisotopic (exact) mass is 303 g/mol. The average Bonchev–Trinajstić information content (AvgIpc) is 3.01. The maximum atomic E-state index is 9.32. The predicted octanol–water partition coefficient (Wildman–Crippen LogP) is 5.49. The molecule has 0 bridgehead atoms. The molecule has 1 aromatic heterocycles. The molecule has 0 fully saturated rings. The molecule has 0 unspecified atom stereocenters. The Morgan fingerprint density at radius 1 is 0.909 bits per heavy atom. The van der Waals surface area contributed by atoms with Crippen LogP contribution in [0.5, 0.6) is 0 Å². The molecule has 2 aromatic carbocycles. The SMILES string of the molecule is N#C/C(=C\c1ccc(Sc2ccccc2)o1)c1ccccc1. The maximum Gasteiger partial charge on any atom is 0.165 e. The Hall–Kier alpha value is -2.70. The molecule has 0 amide bonds. The van der Waals surface area contributed by atoms with Crippen LogP contribution in [0, 0.1) is 11.3 Å².